The van der Waals surface area contributed by atoms with Gasteiger partial charge in [-0.3, -0.25) is 0 Å². The van der Waals surface area contributed by atoms with Crippen molar-refractivity contribution in [3.63, 3.8) is 0 Å². The maximum Gasteiger partial charge on any atom is 0.328 e. The molecule has 7 nitrogen and oxygen atoms in total. The molecule has 8 heteroatoms. The quantitative estimate of drug-likeness (QED) is 0.596. The number of rotatable bonds is 6. The molecule has 3 N–H and O–H groups in total. The molecule has 1 aliphatic rings. The summed E-state index contributed by atoms with van der Waals surface area (Å²) in [6, 6.07) is 5.65. The fraction of sp³-hybridized carbons (Fsp3) is 0.533. The summed E-state index contributed by atoms with van der Waals surface area (Å²) in [6.45, 7) is 6.76. The second-order valence-corrected chi connectivity index (χ2v) is 7.32. The predicted octanol–water partition coefficient (Wildman–Crippen LogP) is -0.712. The van der Waals surface area contributed by atoms with Crippen molar-refractivity contribution < 1.29 is 22.8 Å². The topological polar surface area (TPSA) is 88.9 Å². The predicted molar refractivity (Wildman–Crippen MR) is 85.9 cm³/mol. The lowest BCUT2D eigenvalue weighted by Crippen LogP contribution is -3.14. The van der Waals surface area contributed by atoms with E-state index in [1.54, 1.807) is 12.1 Å². The fourth-order valence-electron chi connectivity index (χ4n) is 2.38. The molecule has 1 aliphatic heterocycles. The summed E-state index contributed by atoms with van der Waals surface area (Å²) in [7, 11) is -3.82. The molecule has 128 valence electrons. The third-order valence-electron chi connectivity index (χ3n) is 3.75. The number of hydrogen-bond donors (Lipinski definition) is 3. The van der Waals surface area contributed by atoms with Crippen LogP contribution in [-0.4, -0.2) is 53.8 Å². The van der Waals surface area contributed by atoms with Gasteiger partial charge in [-0.1, -0.05) is 17.7 Å². The molecule has 0 aromatic heterocycles. The average molecular weight is 342 g/mol. The maximum atomic E-state index is 12.0. The standard InChI is InChI=1S/C15H23N3O4S/c1-13-3-5-14(6-4-13)23(20,21)17-15(19)16-7-2-8-18-9-11-22-12-10-18/h3-6H,2,7-12H2,1H3,(H2,16,17,19)/p+1. The van der Waals surface area contributed by atoms with Crippen LogP contribution in [0.3, 0.4) is 0 Å². The lowest BCUT2D eigenvalue weighted by molar-refractivity contribution is -0.908. The highest BCUT2D eigenvalue weighted by atomic mass is 32.2. The number of morpholine rings is 1. The summed E-state index contributed by atoms with van der Waals surface area (Å²) >= 11 is 0. The SMILES string of the molecule is Cc1ccc(S(=O)(=O)NC(=O)NCCC[NH+]2CCOCC2)cc1. The van der Waals surface area contributed by atoms with Gasteiger partial charge in [0.25, 0.3) is 10.0 Å². The number of carbonyl (C=O) groups excluding carboxylic acids is 1. The normalized spacial score (nSPS) is 16.0. The van der Waals surface area contributed by atoms with Gasteiger partial charge in [-0.15, -0.1) is 0 Å². The van der Waals surface area contributed by atoms with Gasteiger partial charge in [-0.25, -0.2) is 17.9 Å². The lowest BCUT2D eigenvalue weighted by Gasteiger charge is -2.23. The Kier molecular flexibility index (Phi) is 6.37. The molecule has 1 aromatic rings. The molecule has 0 unspecified atom stereocenters. The van der Waals surface area contributed by atoms with Gasteiger partial charge < -0.3 is 15.0 Å². The summed E-state index contributed by atoms with van der Waals surface area (Å²) in [4.78, 5) is 13.3. The van der Waals surface area contributed by atoms with Gasteiger partial charge in [-0.2, -0.15) is 0 Å². The molecule has 0 saturated carbocycles. The highest BCUT2D eigenvalue weighted by Gasteiger charge is 2.17. The molecule has 0 spiro atoms. The van der Waals surface area contributed by atoms with Crippen LogP contribution in [0.2, 0.25) is 0 Å². The van der Waals surface area contributed by atoms with Crippen LogP contribution in [0, 0.1) is 6.92 Å². The molecule has 0 atom stereocenters. The minimum atomic E-state index is -3.82. The Morgan fingerprint density at radius 3 is 2.52 bits per heavy atom. The van der Waals surface area contributed by atoms with Crippen LogP contribution in [0.15, 0.2) is 29.2 Å². The van der Waals surface area contributed by atoms with Gasteiger partial charge in [0, 0.05) is 13.0 Å². The monoisotopic (exact) mass is 342 g/mol. The van der Waals surface area contributed by atoms with E-state index in [-0.39, 0.29) is 4.90 Å². The number of urea groups is 1. The number of nitrogens with one attached hydrogen (secondary N) is 3. The number of benzene rings is 1. The molecule has 1 fully saturated rings. The minimum Gasteiger partial charge on any atom is -0.370 e. The van der Waals surface area contributed by atoms with Crippen molar-refractivity contribution in [1.29, 1.82) is 0 Å². The molecule has 0 aliphatic carbocycles. The first kappa shape index (κ1) is 17.7. The van der Waals surface area contributed by atoms with E-state index >= 15 is 0 Å². The van der Waals surface area contributed by atoms with Crippen molar-refractivity contribution in [2.45, 2.75) is 18.2 Å². The van der Waals surface area contributed by atoms with Gasteiger partial charge >= 0.3 is 6.03 Å². The van der Waals surface area contributed by atoms with Gasteiger partial charge in [0.1, 0.15) is 13.1 Å². The smallest absolute Gasteiger partial charge is 0.328 e. The summed E-state index contributed by atoms with van der Waals surface area (Å²) in [5.41, 5.74) is 0.957. The van der Waals surface area contributed by atoms with Crippen LogP contribution < -0.4 is 14.9 Å². The van der Waals surface area contributed by atoms with E-state index in [1.165, 1.54) is 17.0 Å². The fourth-order valence-corrected chi connectivity index (χ4v) is 3.31. The summed E-state index contributed by atoms with van der Waals surface area (Å²) < 4.78 is 31.4. The van der Waals surface area contributed by atoms with Crippen molar-refractivity contribution in [3.05, 3.63) is 29.8 Å². The van der Waals surface area contributed by atoms with Crippen LogP contribution in [0.5, 0.6) is 0 Å². The minimum absolute atomic E-state index is 0.0796. The molecular formula is C15H24N3O4S+. The van der Waals surface area contributed by atoms with Crippen molar-refractivity contribution >= 4 is 16.1 Å². The second kappa shape index (κ2) is 8.28. The number of carbonyl (C=O) groups is 1. The van der Waals surface area contributed by atoms with Gasteiger partial charge in [0.15, 0.2) is 0 Å². The number of amides is 2. The first-order valence-electron chi connectivity index (χ1n) is 7.76. The molecular weight excluding hydrogens is 318 g/mol. The lowest BCUT2D eigenvalue weighted by atomic mass is 10.2. The number of sulfonamides is 1. The van der Waals surface area contributed by atoms with Gasteiger partial charge in [0.05, 0.1) is 24.7 Å². The summed E-state index contributed by atoms with van der Waals surface area (Å²) in [5, 5.41) is 2.59. The number of hydrogen-bond acceptors (Lipinski definition) is 4. The third kappa shape index (κ3) is 5.81. The van der Waals surface area contributed by atoms with Gasteiger partial charge in [-0.05, 0) is 19.1 Å². The van der Waals surface area contributed by atoms with Crippen LogP contribution in [-0.2, 0) is 14.8 Å². The zero-order chi connectivity index (χ0) is 16.7. The van der Waals surface area contributed by atoms with Crippen molar-refractivity contribution in [1.82, 2.24) is 10.0 Å². The molecule has 2 rings (SSSR count). The van der Waals surface area contributed by atoms with E-state index in [2.05, 4.69) is 5.32 Å². The Labute approximate surface area is 137 Å². The zero-order valence-corrected chi connectivity index (χ0v) is 14.1. The maximum absolute atomic E-state index is 12.0. The zero-order valence-electron chi connectivity index (χ0n) is 13.3. The Morgan fingerprint density at radius 1 is 1.22 bits per heavy atom. The van der Waals surface area contributed by atoms with E-state index in [0.29, 0.717) is 6.54 Å². The first-order valence-corrected chi connectivity index (χ1v) is 9.24. The van der Waals surface area contributed by atoms with Crippen molar-refractivity contribution in [3.8, 4) is 0 Å². The van der Waals surface area contributed by atoms with E-state index in [0.717, 1.165) is 44.8 Å². The Morgan fingerprint density at radius 2 is 1.87 bits per heavy atom. The first-order chi connectivity index (χ1) is 11.0. The molecule has 2 amide bonds. The molecule has 0 bridgehead atoms. The average Bonchev–Trinajstić information content (AvgIpc) is 2.52. The van der Waals surface area contributed by atoms with E-state index in [4.69, 9.17) is 4.74 Å². The second-order valence-electron chi connectivity index (χ2n) is 5.64. The molecule has 1 aromatic carbocycles. The summed E-state index contributed by atoms with van der Waals surface area (Å²) in [5.74, 6) is 0. The number of ether oxygens (including phenoxy) is 1. The van der Waals surface area contributed by atoms with Gasteiger partial charge in [0.2, 0.25) is 0 Å². The van der Waals surface area contributed by atoms with Crippen LogP contribution in [0.4, 0.5) is 4.79 Å². The van der Waals surface area contributed by atoms with Crippen LogP contribution in [0.1, 0.15) is 12.0 Å². The Balaban J connectivity index is 1.72. The van der Waals surface area contributed by atoms with Crippen LogP contribution in [0.25, 0.3) is 0 Å². The number of quaternary nitrogens is 1. The highest BCUT2D eigenvalue weighted by molar-refractivity contribution is 7.90. The number of aryl methyl sites for hydroxylation is 1. The highest BCUT2D eigenvalue weighted by Crippen LogP contribution is 2.09. The van der Waals surface area contributed by atoms with Crippen LogP contribution >= 0.6 is 0 Å². The molecule has 1 heterocycles. The Hall–Kier alpha value is -1.64. The van der Waals surface area contributed by atoms with E-state index in [9.17, 15) is 13.2 Å². The largest absolute Gasteiger partial charge is 0.370 e. The molecule has 23 heavy (non-hydrogen) atoms. The van der Waals surface area contributed by atoms with E-state index < -0.39 is 16.1 Å². The molecule has 1 saturated heterocycles. The van der Waals surface area contributed by atoms with Crippen molar-refractivity contribution in [2.24, 2.45) is 0 Å². The third-order valence-corrected chi connectivity index (χ3v) is 5.10. The van der Waals surface area contributed by atoms with E-state index in [1.807, 2.05) is 11.6 Å². The Bertz CT molecular complexity index is 610. The summed E-state index contributed by atoms with van der Waals surface area (Å²) in [6.07, 6.45) is 0.799. The van der Waals surface area contributed by atoms with Crippen molar-refractivity contribution in [2.75, 3.05) is 39.4 Å². The molecule has 0 radical (unpaired) electrons.